The Hall–Kier alpha value is -3.21. The number of allylic oxidation sites excluding steroid dienone is 2. The predicted octanol–water partition coefficient (Wildman–Crippen LogP) is 3.84. The Morgan fingerprint density at radius 3 is 2.32 bits per heavy atom. The number of hydrogen-bond donors (Lipinski definition) is 1. The van der Waals surface area contributed by atoms with Crippen molar-refractivity contribution < 1.29 is 17.9 Å². The van der Waals surface area contributed by atoms with E-state index in [-0.39, 0.29) is 38.7 Å². The van der Waals surface area contributed by atoms with Gasteiger partial charge < -0.3 is 10.5 Å². The minimum atomic E-state index is -4.63. The summed E-state index contributed by atoms with van der Waals surface area (Å²) in [5.74, 6) is 0.0840. The number of benzene rings is 1. The van der Waals surface area contributed by atoms with Gasteiger partial charge in [0.25, 0.3) is 0 Å². The van der Waals surface area contributed by atoms with E-state index in [1.54, 1.807) is 12.1 Å². The number of rotatable bonds is 4. The van der Waals surface area contributed by atoms with Crippen LogP contribution in [0.2, 0.25) is 10.0 Å². The first-order valence-electron chi connectivity index (χ1n) is 7.17. The fourth-order valence-corrected chi connectivity index (χ4v) is 2.67. The average Bonchev–Trinajstić information content (AvgIpc) is 3.03. The zero-order valence-corrected chi connectivity index (χ0v) is 15.4. The number of aliphatic imine (C=N–C) groups is 1. The first-order chi connectivity index (χ1) is 13.1. The van der Waals surface area contributed by atoms with E-state index in [0.29, 0.717) is 12.1 Å². The zero-order chi connectivity index (χ0) is 21.1. The number of nitrogens with two attached hydrogens (primary N) is 1. The Morgan fingerprint density at radius 1 is 1.25 bits per heavy atom. The van der Waals surface area contributed by atoms with Crippen molar-refractivity contribution >= 4 is 29.4 Å². The molecule has 1 aromatic heterocycles. The molecular weight excluding hydrogens is 420 g/mol. The SMILES string of the molecule is COc1cc(C=N/C(C#N)=C(\N)C#N)nn1-c1c(Cl)cc(C(F)(F)F)cc1Cl. The third-order valence-corrected chi connectivity index (χ3v) is 3.84. The maximum absolute atomic E-state index is 12.9. The number of hydrogen-bond acceptors (Lipinski definition) is 6. The Kier molecular flexibility index (Phi) is 6.19. The maximum Gasteiger partial charge on any atom is 0.416 e. The molecule has 0 saturated heterocycles. The Balaban J connectivity index is 2.55. The van der Waals surface area contributed by atoms with E-state index in [4.69, 9.17) is 44.2 Å². The summed E-state index contributed by atoms with van der Waals surface area (Å²) >= 11 is 12.0. The van der Waals surface area contributed by atoms with Crippen molar-refractivity contribution in [2.24, 2.45) is 10.7 Å². The van der Waals surface area contributed by atoms with Crippen LogP contribution in [-0.4, -0.2) is 23.1 Å². The summed E-state index contributed by atoms with van der Waals surface area (Å²) in [7, 11) is 1.30. The van der Waals surface area contributed by atoms with Crippen molar-refractivity contribution in [3.63, 3.8) is 0 Å². The summed E-state index contributed by atoms with van der Waals surface area (Å²) in [5, 5.41) is 21.1. The molecular formula is C16H9Cl2F3N6O. The highest BCUT2D eigenvalue weighted by atomic mass is 35.5. The molecule has 7 nitrogen and oxygen atoms in total. The number of nitriles is 2. The molecule has 0 bridgehead atoms. The molecule has 0 saturated carbocycles. The smallest absolute Gasteiger partial charge is 0.416 e. The molecule has 0 unspecified atom stereocenters. The van der Waals surface area contributed by atoms with Gasteiger partial charge in [-0.25, -0.2) is 4.99 Å². The van der Waals surface area contributed by atoms with Gasteiger partial charge in [0.1, 0.15) is 29.2 Å². The molecule has 0 aliphatic heterocycles. The highest BCUT2D eigenvalue weighted by molar-refractivity contribution is 6.37. The third-order valence-electron chi connectivity index (χ3n) is 3.27. The molecule has 1 heterocycles. The standard InChI is InChI=1S/C16H9Cl2F3N6O/c1-28-14-4-9(7-25-13(6-23)12(24)5-22)26-27(14)15-10(17)2-8(3-11(15)18)16(19,20)21/h2-4,7H,24H2,1H3/b13-12-,25-7?. The molecule has 28 heavy (non-hydrogen) atoms. The van der Waals surface area contributed by atoms with Crippen LogP contribution in [0.4, 0.5) is 13.2 Å². The summed E-state index contributed by atoms with van der Waals surface area (Å²) in [6.45, 7) is 0. The van der Waals surface area contributed by atoms with Crippen LogP contribution in [0.3, 0.4) is 0 Å². The second-order valence-electron chi connectivity index (χ2n) is 5.05. The molecule has 0 fully saturated rings. The topological polar surface area (TPSA) is 113 Å². The van der Waals surface area contributed by atoms with Gasteiger partial charge in [0.05, 0.1) is 28.9 Å². The van der Waals surface area contributed by atoms with E-state index in [1.165, 1.54) is 13.2 Å². The monoisotopic (exact) mass is 428 g/mol. The summed E-state index contributed by atoms with van der Waals surface area (Å²) in [6, 6.07) is 6.02. The minimum Gasteiger partial charge on any atom is -0.481 e. The molecule has 144 valence electrons. The van der Waals surface area contributed by atoms with Crippen LogP contribution in [0.1, 0.15) is 11.3 Å². The molecule has 2 N–H and O–H groups in total. The van der Waals surface area contributed by atoms with E-state index >= 15 is 0 Å². The van der Waals surface area contributed by atoms with Crippen molar-refractivity contribution in [3.8, 4) is 23.7 Å². The number of methoxy groups -OCH3 is 1. The van der Waals surface area contributed by atoms with Gasteiger partial charge in [-0.15, -0.1) is 0 Å². The molecule has 0 atom stereocenters. The predicted molar refractivity (Wildman–Crippen MR) is 95.2 cm³/mol. The molecule has 0 aliphatic rings. The Labute approximate surface area is 166 Å². The quantitative estimate of drug-likeness (QED) is 0.586. The molecule has 2 rings (SSSR count). The highest BCUT2D eigenvalue weighted by Crippen LogP contribution is 2.38. The zero-order valence-electron chi connectivity index (χ0n) is 13.9. The summed E-state index contributed by atoms with van der Waals surface area (Å²) in [4.78, 5) is 3.76. The van der Waals surface area contributed by atoms with Crippen molar-refractivity contribution in [3.05, 3.63) is 50.9 Å². The number of aromatic nitrogens is 2. The Morgan fingerprint density at radius 2 is 1.86 bits per heavy atom. The van der Waals surface area contributed by atoms with Crippen molar-refractivity contribution in [1.29, 1.82) is 10.5 Å². The molecule has 1 aromatic carbocycles. The fourth-order valence-electron chi connectivity index (χ4n) is 2.02. The van der Waals surface area contributed by atoms with E-state index in [0.717, 1.165) is 10.9 Å². The molecule has 0 amide bonds. The largest absolute Gasteiger partial charge is 0.481 e. The van der Waals surface area contributed by atoms with Crippen LogP contribution in [0.5, 0.6) is 5.88 Å². The summed E-state index contributed by atoms with van der Waals surface area (Å²) in [5.41, 5.74) is 3.70. The van der Waals surface area contributed by atoms with Crippen molar-refractivity contribution in [1.82, 2.24) is 9.78 Å². The fraction of sp³-hybridized carbons (Fsp3) is 0.125. The lowest BCUT2D eigenvalue weighted by Crippen LogP contribution is -2.08. The third kappa shape index (κ3) is 4.36. The van der Waals surface area contributed by atoms with Gasteiger partial charge in [0, 0.05) is 6.07 Å². The van der Waals surface area contributed by atoms with E-state index < -0.39 is 11.7 Å². The van der Waals surface area contributed by atoms with Gasteiger partial charge in [-0.3, -0.25) is 0 Å². The highest BCUT2D eigenvalue weighted by Gasteiger charge is 2.32. The molecule has 12 heteroatoms. The maximum atomic E-state index is 12.9. The van der Waals surface area contributed by atoms with Crippen molar-refractivity contribution in [2.75, 3.05) is 7.11 Å². The van der Waals surface area contributed by atoms with E-state index in [2.05, 4.69) is 10.1 Å². The Bertz CT molecular complexity index is 1040. The van der Waals surface area contributed by atoms with Crippen LogP contribution >= 0.6 is 23.2 Å². The van der Waals surface area contributed by atoms with Crippen LogP contribution in [0.15, 0.2) is 34.6 Å². The number of halogens is 5. The number of alkyl halides is 3. The van der Waals surface area contributed by atoms with Gasteiger partial charge in [-0.1, -0.05) is 23.2 Å². The number of ether oxygens (including phenoxy) is 1. The van der Waals surface area contributed by atoms with Gasteiger partial charge >= 0.3 is 6.18 Å². The lowest BCUT2D eigenvalue weighted by Gasteiger charge is -2.13. The lowest BCUT2D eigenvalue weighted by molar-refractivity contribution is -0.137. The summed E-state index contributed by atoms with van der Waals surface area (Å²) in [6.07, 6.45) is -3.51. The van der Waals surface area contributed by atoms with Gasteiger partial charge in [0.15, 0.2) is 5.70 Å². The second-order valence-corrected chi connectivity index (χ2v) is 5.87. The second kappa shape index (κ2) is 8.21. The minimum absolute atomic E-state index is 0.0413. The molecule has 0 spiro atoms. The van der Waals surface area contributed by atoms with Crippen LogP contribution in [0.25, 0.3) is 5.69 Å². The first-order valence-corrected chi connectivity index (χ1v) is 7.92. The van der Waals surface area contributed by atoms with Gasteiger partial charge in [-0.2, -0.15) is 33.5 Å². The van der Waals surface area contributed by atoms with Gasteiger partial charge in [-0.05, 0) is 12.1 Å². The van der Waals surface area contributed by atoms with E-state index in [1.807, 2.05) is 0 Å². The first kappa shape index (κ1) is 21.1. The molecule has 0 aliphatic carbocycles. The van der Waals surface area contributed by atoms with Gasteiger partial charge in [0.2, 0.25) is 5.88 Å². The van der Waals surface area contributed by atoms with Crippen LogP contribution < -0.4 is 10.5 Å². The molecule has 0 radical (unpaired) electrons. The van der Waals surface area contributed by atoms with E-state index in [9.17, 15) is 13.2 Å². The van der Waals surface area contributed by atoms with Crippen LogP contribution in [0, 0.1) is 22.7 Å². The lowest BCUT2D eigenvalue weighted by atomic mass is 10.2. The average molecular weight is 429 g/mol. The summed E-state index contributed by atoms with van der Waals surface area (Å²) < 4.78 is 44.9. The normalized spacial score (nSPS) is 12.4. The van der Waals surface area contributed by atoms with Crippen LogP contribution in [-0.2, 0) is 6.18 Å². The van der Waals surface area contributed by atoms with Crippen molar-refractivity contribution in [2.45, 2.75) is 6.18 Å². The molecule has 2 aromatic rings. The number of nitrogens with zero attached hydrogens (tertiary/aromatic N) is 5.